The largest absolute Gasteiger partial charge is 0.418 e. The first kappa shape index (κ1) is 24.8. The Morgan fingerprint density at radius 1 is 1.18 bits per heavy atom. The molecule has 2 aliphatic heterocycles. The van der Waals surface area contributed by atoms with E-state index in [0.717, 1.165) is 30.2 Å². The normalized spacial score (nSPS) is 21.5. The van der Waals surface area contributed by atoms with Crippen LogP contribution in [0.5, 0.6) is 0 Å². The van der Waals surface area contributed by atoms with E-state index in [1.165, 1.54) is 18.2 Å². The number of carbonyl (C=O) groups is 2. The van der Waals surface area contributed by atoms with Crippen molar-refractivity contribution >= 4 is 46.1 Å². The molecule has 2 aromatic rings. The second kappa shape index (κ2) is 9.73. The molecule has 1 unspecified atom stereocenters. The molecule has 2 amide bonds. The van der Waals surface area contributed by atoms with Gasteiger partial charge in [-0.25, -0.2) is 5.01 Å². The summed E-state index contributed by atoms with van der Waals surface area (Å²) in [5, 5.41) is 8.62. The standard InChI is InChI=1S/C22H24ClF3N4O3S/c1-29-9-2-3-10-30(29)16-5-4-14(12-15(16)22(24,25)26)27-20(32)21(8-11-33-13-21)28-19(31)17-6-7-18(23)34-17/h4-7,12H,2-3,8-11,13H2,1H3,(H,27,32)(H,28,31). The molecule has 1 aromatic heterocycles. The van der Waals surface area contributed by atoms with Gasteiger partial charge in [0.05, 0.1) is 27.1 Å². The molecular formula is C22H24ClF3N4O3S. The molecule has 7 nitrogen and oxygen atoms in total. The van der Waals surface area contributed by atoms with Crippen molar-refractivity contribution < 1.29 is 27.5 Å². The van der Waals surface area contributed by atoms with E-state index in [0.29, 0.717) is 22.3 Å². The van der Waals surface area contributed by atoms with E-state index in [1.54, 1.807) is 23.1 Å². The van der Waals surface area contributed by atoms with Crippen LogP contribution in [0.25, 0.3) is 0 Å². The molecule has 3 heterocycles. The smallest absolute Gasteiger partial charge is 0.378 e. The summed E-state index contributed by atoms with van der Waals surface area (Å²) < 4.78 is 47.6. The highest BCUT2D eigenvalue weighted by Gasteiger charge is 2.44. The number of alkyl halides is 3. The van der Waals surface area contributed by atoms with Gasteiger partial charge in [-0.3, -0.25) is 9.59 Å². The van der Waals surface area contributed by atoms with Crippen molar-refractivity contribution in [3.63, 3.8) is 0 Å². The van der Waals surface area contributed by atoms with Crippen LogP contribution in [0.4, 0.5) is 24.5 Å². The number of hydrogen-bond donors (Lipinski definition) is 2. The fourth-order valence-electron chi connectivity index (χ4n) is 4.13. The number of nitrogens with zero attached hydrogens (tertiary/aromatic N) is 2. The summed E-state index contributed by atoms with van der Waals surface area (Å²) in [5.41, 5.74) is -2.22. The van der Waals surface area contributed by atoms with Crippen LogP contribution in [0.3, 0.4) is 0 Å². The van der Waals surface area contributed by atoms with Gasteiger partial charge in [-0.1, -0.05) is 11.6 Å². The lowest BCUT2D eigenvalue weighted by Gasteiger charge is -2.39. The first-order valence-corrected chi connectivity index (χ1v) is 12.0. The Kier molecular flexibility index (Phi) is 7.09. The molecule has 0 spiro atoms. The molecule has 1 atom stereocenters. The number of rotatable bonds is 5. The van der Waals surface area contributed by atoms with Crippen molar-refractivity contribution in [2.24, 2.45) is 0 Å². The molecule has 4 rings (SSSR count). The van der Waals surface area contributed by atoms with Crippen molar-refractivity contribution in [3.8, 4) is 0 Å². The number of benzene rings is 1. The predicted octanol–water partition coefficient (Wildman–Crippen LogP) is 4.39. The first-order valence-electron chi connectivity index (χ1n) is 10.8. The zero-order valence-electron chi connectivity index (χ0n) is 18.4. The Balaban J connectivity index is 1.58. The average molecular weight is 517 g/mol. The molecule has 2 N–H and O–H groups in total. The number of halogens is 4. The fraction of sp³-hybridized carbons (Fsp3) is 0.455. The van der Waals surface area contributed by atoms with Gasteiger partial charge in [0.15, 0.2) is 0 Å². The summed E-state index contributed by atoms with van der Waals surface area (Å²) in [7, 11) is 1.75. The lowest BCUT2D eigenvalue weighted by Crippen LogP contribution is -2.57. The molecular weight excluding hydrogens is 493 g/mol. The van der Waals surface area contributed by atoms with Gasteiger partial charge in [-0.2, -0.15) is 13.2 Å². The van der Waals surface area contributed by atoms with Gasteiger partial charge in [0, 0.05) is 38.9 Å². The summed E-state index contributed by atoms with van der Waals surface area (Å²) in [5.74, 6) is -1.14. The van der Waals surface area contributed by atoms with Gasteiger partial charge in [0.2, 0.25) is 0 Å². The van der Waals surface area contributed by atoms with Crippen molar-refractivity contribution in [2.75, 3.05) is 43.7 Å². The summed E-state index contributed by atoms with van der Waals surface area (Å²) in [6, 6.07) is 6.84. The van der Waals surface area contributed by atoms with Gasteiger partial charge in [0.25, 0.3) is 11.8 Å². The van der Waals surface area contributed by atoms with E-state index in [1.807, 2.05) is 0 Å². The third kappa shape index (κ3) is 5.17. The number of carbonyl (C=O) groups excluding carboxylic acids is 2. The highest BCUT2D eigenvalue weighted by atomic mass is 35.5. The third-order valence-electron chi connectivity index (χ3n) is 5.96. The Hall–Kier alpha value is -2.34. The Labute approximate surface area is 203 Å². The van der Waals surface area contributed by atoms with Gasteiger partial charge in [0.1, 0.15) is 5.54 Å². The van der Waals surface area contributed by atoms with Crippen LogP contribution in [0.1, 0.15) is 34.5 Å². The van der Waals surface area contributed by atoms with Crippen LogP contribution in [0.15, 0.2) is 30.3 Å². The van der Waals surface area contributed by atoms with E-state index < -0.39 is 29.1 Å². The molecule has 0 aliphatic carbocycles. The maximum atomic E-state index is 13.9. The van der Waals surface area contributed by atoms with Crippen LogP contribution in [0, 0.1) is 0 Å². The van der Waals surface area contributed by atoms with E-state index in [9.17, 15) is 22.8 Å². The second-order valence-electron chi connectivity index (χ2n) is 8.34. The number of nitrogens with one attached hydrogen (secondary N) is 2. The van der Waals surface area contributed by atoms with Crippen LogP contribution in [-0.4, -0.2) is 55.7 Å². The lowest BCUT2D eigenvalue weighted by atomic mass is 9.96. The average Bonchev–Trinajstić information content (AvgIpc) is 3.43. The zero-order chi connectivity index (χ0) is 24.5. The lowest BCUT2D eigenvalue weighted by molar-refractivity contribution is -0.137. The van der Waals surface area contributed by atoms with Crippen LogP contribution >= 0.6 is 22.9 Å². The highest BCUT2D eigenvalue weighted by molar-refractivity contribution is 7.18. The van der Waals surface area contributed by atoms with Gasteiger partial charge >= 0.3 is 6.18 Å². The van der Waals surface area contributed by atoms with Crippen molar-refractivity contribution in [1.82, 2.24) is 10.3 Å². The van der Waals surface area contributed by atoms with Gasteiger partial charge in [-0.05, 0) is 43.2 Å². The Morgan fingerprint density at radius 3 is 2.56 bits per heavy atom. The Bertz CT molecular complexity index is 1070. The quantitative estimate of drug-likeness (QED) is 0.616. The highest BCUT2D eigenvalue weighted by Crippen LogP contribution is 2.39. The maximum absolute atomic E-state index is 13.9. The molecule has 34 heavy (non-hydrogen) atoms. The van der Waals surface area contributed by atoms with Gasteiger partial charge < -0.3 is 20.4 Å². The number of thiophene rings is 1. The number of hydrazine groups is 1. The molecule has 2 fully saturated rings. The second-order valence-corrected chi connectivity index (χ2v) is 10.1. The third-order valence-corrected chi connectivity index (χ3v) is 7.19. The van der Waals surface area contributed by atoms with Crippen LogP contribution in [-0.2, 0) is 15.7 Å². The summed E-state index contributed by atoms with van der Waals surface area (Å²) >= 11 is 6.95. The number of hydrogen-bond acceptors (Lipinski definition) is 6. The van der Waals surface area contributed by atoms with E-state index in [-0.39, 0.29) is 31.0 Å². The van der Waals surface area contributed by atoms with Crippen LogP contribution in [0.2, 0.25) is 4.34 Å². The molecule has 0 saturated carbocycles. The first-order chi connectivity index (χ1) is 16.1. The van der Waals surface area contributed by atoms with Crippen molar-refractivity contribution in [1.29, 1.82) is 0 Å². The molecule has 184 valence electrons. The zero-order valence-corrected chi connectivity index (χ0v) is 19.9. The fourth-order valence-corrected chi connectivity index (χ4v) is 5.07. The minimum absolute atomic E-state index is 0.0135. The number of ether oxygens (including phenoxy) is 1. The molecule has 1 aromatic carbocycles. The van der Waals surface area contributed by atoms with E-state index >= 15 is 0 Å². The van der Waals surface area contributed by atoms with Crippen molar-refractivity contribution in [2.45, 2.75) is 31.0 Å². The molecule has 2 saturated heterocycles. The molecule has 0 radical (unpaired) electrons. The monoisotopic (exact) mass is 516 g/mol. The summed E-state index contributed by atoms with van der Waals surface area (Å²) in [6.07, 6.45) is -2.73. The van der Waals surface area contributed by atoms with Crippen LogP contribution < -0.4 is 15.6 Å². The summed E-state index contributed by atoms with van der Waals surface area (Å²) in [4.78, 5) is 26.2. The maximum Gasteiger partial charge on any atom is 0.418 e. The predicted molar refractivity (Wildman–Crippen MR) is 124 cm³/mol. The topological polar surface area (TPSA) is 73.9 Å². The van der Waals surface area contributed by atoms with E-state index in [2.05, 4.69) is 10.6 Å². The Morgan fingerprint density at radius 2 is 1.94 bits per heavy atom. The molecule has 2 aliphatic rings. The SMILES string of the molecule is CN1CCCCN1c1ccc(NC(=O)C2(NC(=O)c3ccc(Cl)s3)CCOC2)cc1C(F)(F)F. The van der Waals surface area contributed by atoms with E-state index in [4.69, 9.17) is 16.3 Å². The van der Waals surface area contributed by atoms with Gasteiger partial charge in [-0.15, -0.1) is 11.3 Å². The number of amides is 2. The van der Waals surface area contributed by atoms with Crippen molar-refractivity contribution in [3.05, 3.63) is 45.1 Å². The summed E-state index contributed by atoms with van der Waals surface area (Å²) in [6.45, 7) is 1.28. The molecule has 12 heteroatoms. The molecule has 0 bridgehead atoms. The minimum Gasteiger partial charge on any atom is -0.378 e. The number of anilines is 2. The minimum atomic E-state index is -4.62.